The Labute approximate surface area is 145 Å². The van der Waals surface area contributed by atoms with Crippen LogP contribution in [0.1, 0.15) is 33.1 Å². The normalized spacial score (nSPS) is 33.4. The summed E-state index contributed by atoms with van der Waals surface area (Å²) in [5.74, 6) is 1.41. The number of hydrogen-bond donors (Lipinski definition) is 2. The van der Waals surface area contributed by atoms with Crippen molar-refractivity contribution in [2.45, 2.75) is 39.2 Å². The number of rotatable bonds is 3. The molecule has 2 N–H and O–H groups in total. The molecule has 0 aromatic heterocycles. The summed E-state index contributed by atoms with van der Waals surface area (Å²) in [5.41, 5.74) is 3.84. The topological polar surface area (TPSA) is 51.5 Å². The summed E-state index contributed by atoms with van der Waals surface area (Å²) < 4.78 is 0. The van der Waals surface area contributed by atoms with Gasteiger partial charge in [-0.25, -0.2) is 0 Å². The van der Waals surface area contributed by atoms with Crippen molar-refractivity contribution in [1.82, 2.24) is 10.2 Å². The number of piperidine rings is 1. The molecular formula is C20H30N4. The third-order valence-corrected chi connectivity index (χ3v) is 5.17. The molecule has 4 nitrogen and oxygen atoms in total. The maximum absolute atomic E-state index is 8.33. The van der Waals surface area contributed by atoms with Crippen LogP contribution < -0.4 is 5.32 Å². The van der Waals surface area contributed by atoms with Crippen LogP contribution >= 0.6 is 0 Å². The zero-order valence-electron chi connectivity index (χ0n) is 15.2. The number of allylic oxidation sites excluding steroid dienone is 5. The summed E-state index contributed by atoms with van der Waals surface area (Å²) in [6.45, 7) is 7.73. The smallest absolute Gasteiger partial charge is 0.0633 e. The Bertz CT molecular complexity index is 601. The molecule has 0 bridgehead atoms. The van der Waals surface area contributed by atoms with E-state index in [1.54, 1.807) is 0 Å². The summed E-state index contributed by atoms with van der Waals surface area (Å²) in [6, 6.07) is 0.474. The molecule has 3 rings (SSSR count). The summed E-state index contributed by atoms with van der Waals surface area (Å²) in [6.07, 6.45) is 11.6. The molecule has 0 aromatic carbocycles. The van der Waals surface area contributed by atoms with Gasteiger partial charge in [0.2, 0.25) is 0 Å². The number of nitrogens with zero attached hydrogens (tertiary/aromatic N) is 2. The van der Waals surface area contributed by atoms with Gasteiger partial charge >= 0.3 is 0 Å². The SMILES string of the molecule is C[C@@H]1CC(N/C=C2/C=CC(C3=NC[C@@H](C)CC3)=CC2=N)CN(C)C1. The van der Waals surface area contributed by atoms with E-state index >= 15 is 0 Å². The van der Waals surface area contributed by atoms with Gasteiger partial charge in [-0.05, 0) is 49.8 Å². The maximum Gasteiger partial charge on any atom is 0.0633 e. The molecule has 0 amide bonds. The van der Waals surface area contributed by atoms with Gasteiger partial charge in [0.15, 0.2) is 0 Å². The Balaban J connectivity index is 1.61. The quantitative estimate of drug-likeness (QED) is 0.837. The van der Waals surface area contributed by atoms with Gasteiger partial charge < -0.3 is 15.6 Å². The van der Waals surface area contributed by atoms with Crippen molar-refractivity contribution in [3.05, 3.63) is 35.6 Å². The predicted octanol–water partition coefficient (Wildman–Crippen LogP) is 3.19. The van der Waals surface area contributed by atoms with Crippen molar-refractivity contribution in [1.29, 1.82) is 5.41 Å². The van der Waals surface area contributed by atoms with Crippen LogP contribution in [-0.4, -0.2) is 49.0 Å². The van der Waals surface area contributed by atoms with Crippen molar-refractivity contribution in [2.75, 3.05) is 26.7 Å². The van der Waals surface area contributed by atoms with Gasteiger partial charge in [-0.3, -0.25) is 4.99 Å². The number of likely N-dealkylation sites (tertiary alicyclic amines) is 1. The second-order valence-corrected chi connectivity index (χ2v) is 7.80. The largest absolute Gasteiger partial charge is 0.386 e. The molecule has 2 heterocycles. The van der Waals surface area contributed by atoms with E-state index in [4.69, 9.17) is 5.41 Å². The molecule has 2 aliphatic heterocycles. The lowest BCUT2D eigenvalue weighted by atomic mass is 9.91. The number of aliphatic imine (C=N–C) groups is 1. The lowest BCUT2D eigenvalue weighted by molar-refractivity contribution is 0.187. The Hall–Kier alpha value is -1.68. The van der Waals surface area contributed by atoms with Crippen LogP contribution in [0.5, 0.6) is 0 Å². The molecule has 1 saturated heterocycles. The van der Waals surface area contributed by atoms with Crippen LogP contribution in [0.4, 0.5) is 0 Å². The summed E-state index contributed by atoms with van der Waals surface area (Å²) >= 11 is 0. The number of likely N-dealkylation sites (N-methyl/N-ethyl adjacent to an activating group) is 1. The highest BCUT2D eigenvalue weighted by Gasteiger charge is 2.22. The molecule has 0 saturated carbocycles. The monoisotopic (exact) mass is 326 g/mol. The van der Waals surface area contributed by atoms with Gasteiger partial charge in [0.1, 0.15) is 0 Å². The van der Waals surface area contributed by atoms with Crippen LogP contribution in [0.25, 0.3) is 0 Å². The van der Waals surface area contributed by atoms with Crippen LogP contribution in [0.3, 0.4) is 0 Å². The van der Waals surface area contributed by atoms with Crippen molar-refractivity contribution in [3.63, 3.8) is 0 Å². The minimum atomic E-state index is 0.474. The van der Waals surface area contributed by atoms with E-state index in [1.807, 2.05) is 12.3 Å². The standard InChI is InChI=1S/C20H30N4/c1-14-4-7-20(23-10-14)16-5-6-17(19(21)9-16)11-22-18-8-15(2)12-24(3)13-18/h5-6,9,11,14-15,18,21-22H,4,7-8,10,12-13H2,1-3H3/b17-11-,21-19?/t14-,15+,18?/m0/s1. The van der Waals surface area contributed by atoms with Crippen molar-refractivity contribution in [2.24, 2.45) is 16.8 Å². The zero-order valence-corrected chi connectivity index (χ0v) is 15.2. The Morgan fingerprint density at radius 2 is 2.08 bits per heavy atom. The molecule has 3 aliphatic rings. The minimum Gasteiger partial charge on any atom is -0.386 e. The predicted molar refractivity (Wildman–Crippen MR) is 102 cm³/mol. The van der Waals surface area contributed by atoms with E-state index in [0.717, 1.165) is 36.6 Å². The third kappa shape index (κ3) is 4.23. The second-order valence-electron chi connectivity index (χ2n) is 7.80. The first kappa shape index (κ1) is 17.2. The van der Waals surface area contributed by atoms with Gasteiger partial charge in [-0.1, -0.05) is 26.0 Å². The number of nitrogens with one attached hydrogen (secondary N) is 2. The first-order valence-electron chi connectivity index (χ1n) is 9.18. The molecule has 130 valence electrons. The highest BCUT2D eigenvalue weighted by atomic mass is 15.1. The van der Waals surface area contributed by atoms with Gasteiger partial charge in [0.25, 0.3) is 0 Å². The lowest BCUT2D eigenvalue weighted by Gasteiger charge is -2.34. The fraction of sp³-hybridized carbons (Fsp3) is 0.600. The molecule has 1 unspecified atom stereocenters. The molecule has 1 aliphatic carbocycles. The van der Waals surface area contributed by atoms with Crippen LogP contribution in [-0.2, 0) is 0 Å². The van der Waals surface area contributed by atoms with Gasteiger partial charge in [-0.2, -0.15) is 0 Å². The van der Waals surface area contributed by atoms with E-state index in [2.05, 4.69) is 48.3 Å². The number of hydrogen-bond acceptors (Lipinski definition) is 4. The Morgan fingerprint density at radius 1 is 1.25 bits per heavy atom. The molecule has 3 atom stereocenters. The molecule has 1 fully saturated rings. The Kier molecular flexibility index (Phi) is 5.34. The van der Waals surface area contributed by atoms with Crippen LogP contribution in [0, 0.1) is 17.2 Å². The van der Waals surface area contributed by atoms with Crippen LogP contribution in [0.2, 0.25) is 0 Å². The van der Waals surface area contributed by atoms with E-state index in [-0.39, 0.29) is 0 Å². The van der Waals surface area contributed by atoms with E-state index in [1.165, 1.54) is 25.1 Å². The van der Waals surface area contributed by atoms with Crippen LogP contribution in [0.15, 0.2) is 40.6 Å². The Morgan fingerprint density at radius 3 is 2.75 bits per heavy atom. The molecule has 4 heteroatoms. The summed E-state index contributed by atoms with van der Waals surface area (Å²) in [5, 5.41) is 11.9. The summed E-state index contributed by atoms with van der Waals surface area (Å²) in [7, 11) is 2.18. The molecule has 0 radical (unpaired) electrons. The first-order chi connectivity index (χ1) is 11.5. The summed E-state index contributed by atoms with van der Waals surface area (Å²) in [4.78, 5) is 7.07. The molecular weight excluding hydrogens is 296 g/mol. The maximum atomic E-state index is 8.33. The lowest BCUT2D eigenvalue weighted by Crippen LogP contribution is -2.45. The third-order valence-electron chi connectivity index (χ3n) is 5.17. The van der Waals surface area contributed by atoms with Crippen molar-refractivity contribution in [3.8, 4) is 0 Å². The van der Waals surface area contributed by atoms with Crippen molar-refractivity contribution < 1.29 is 0 Å². The van der Waals surface area contributed by atoms with E-state index in [0.29, 0.717) is 17.7 Å². The average molecular weight is 326 g/mol. The highest BCUT2D eigenvalue weighted by Crippen LogP contribution is 2.22. The van der Waals surface area contributed by atoms with Crippen molar-refractivity contribution >= 4 is 11.4 Å². The fourth-order valence-electron chi connectivity index (χ4n) is 3.86. The molecule has 24 heavy (non-hydrogen) atoms. The van der Waals surface area contributed by atoms with Gasteiger partial charge in [-0.15, -0.1) is 0 Å². The second kappa shape index (κ2) is 7.47. The minimum absolute atomic E-state index is 0.474. The van der Waals surface area contributed by atoms with E-state index in [9.17, 15) is 0 Å². The highest BCUT2D eigenvalue weighted by molar-refractivity contribution is 6.16. The van der Waals surface area contributed by atoms with Gasteiger partial charge in [0.05, 0.1) is 5.71 Å². The molecule has 0 spiro atoms. The fourth-order valence-corrected chi connectivity index (χ4v) is 3.86. The average Bonchev–Trinajstić information content (AvgIpc) is 2.53. The first-order valence-corrected chi connectivity index (χ1v) is 9.18. The molecule has 0 aromatic rings. The van der Waals surface area contributed by atoms with E-state index < -0.39 is 0 Å². The van der Waals surface area contributed by atoms with Gasteiger partial charge in [0, 0.05) is 43.2 Å². The zero-order chi connectivity index (χ0) is 17.1.